The second kappa shape index (κ2) is 6.06. The van der Waals surface area contributed by atoms with Gasteiger partial charge in [-0.05, 0) is 19.4 Å². The molecule has 2 rings (SSSR count). The highest BCUT2D eigenvalue weighted by Gasteiger charge is 2.39. The van der Waals surface area contributed by atoms with E-state index < -0.39 is 10.8 Å². The molecule has 1 aromatic rings. The highest BCUT2D eigenvalue weighted by molar-refractivity contribution is 5.99. The van der Waals surface area contributed by atoms with E-state index in [0.717, 1.165) is 12.5 Å². The van der Waals surface area contributed by atoms with E-state index in [-0.39, 0.29) is 29.4 Å². The lowest BCUT2D eigenvalue weighted by atomic mass is 9.83. The number of primary amides is 1. The Bertz CT molecular complexity index is 561. The third-order valence-corrected chi connectivity index (χ3v) is 3.55. The summed E-state index contributed by atoms with van der Waals surface area (Å²) in [5, 5.41) is 13.9. The Balaban J connectivity index is 2.23. The molecule has 8 nitrogen and oxygen atoms in total. The number of hydrogen-bond donors (Lipinski definition) is 3. The number of carbonyl (C=O) groups is 1. The molecule has 8 heteroatoms. The smallest absolute Gasteiger partial charge is 0.270 e. The fraction of sp³-hybridized carbons (Fsp3) is 0.462. The fourth-order valence-corrected chi connectivity index (χ4v) is 2.38. The highest BCUT2D eigenvalue weighted by Crippen LogP contribution is 2.29. The van der Waals surface area contributed by atoms with Crippen molar-refractivity contribution in [1.29, 1.82) is 0 Å². The molecule has 0 aromatic heterocycles. The molecule has 21 heavy (non-hydrogen) atoms. The van der Waals surface area contributed by atoms with E-state index in [1.807, 2.05) is 6.92 Å². The van der Waals surface area contributed by atoms with E-state index in [2.05, 4.69) is 5.32 Å². The van der Waals surface area contributed by atoms with Gasteiger partial charge in [0.1, 0.15) is 0 Å². The summed E-state index contributed by atoms with van der Waals surface area (Å²) in [4.78, 5) is 21.7. The molecule has 0 radical (unpaired) electrons. The number of anilines is 1. The van der Waals surface area contributed by atoms with Gasteiger partial charge < -0.3 is 21.5 Å². The van der Waals surface area contributed by atoms with Crippen molar-refractivity contribution < 1.29 is 14.5 Å². The van der Waals surface area contributed by atoms with Crippen LogP contribution in [0.3, 0.4) is 0 Å². The molecule has 0 bridgehead atoms. The topological polar surface area (TPSA) is 134 Å². The summed E-state index contributed by atoms with van der Waals surface area (Å²) in [6.45, 7) is 2.46. The van der Waals surface area contributed by atoms with Crippen molar-refractivity contribution in [2.24, 2.45) is 11.5 Å². The van der Waals surface area contributed by atoms with Crippen LogP contribution in [0.2, 0.25) is 0 Å². The van der Waals surface area contributed by atoms with Crippen LogP contribution in [0.15, 0.2) is 18.2 Å². The summed E-state index contributed by atoms with van der Waals surface area (Å²) in [6.07, 6.45) is 0.686. The van der Waals surface area contributed by atoms with Crippen LogP contribution in [-0.2, 0) is 4.74 Å². The number of ether oxygens (including phenoxy) is 1. The lowest BCUT2D eigenvalue weighted by molar-refractivity contribution is -0.384. The van der Waals surface area contributed by atoms with Gasteiger partial charge in [0.05, 0.1) is 22.6 Å². The van der Waals surface area contributed by atoms with E-state index in [4.69, 9.17) is 16.2 Å². The third kappa shape index (κ3) is 3.11. The molecule has 1 fully saturated rings. The van der Waals surface area contributed by atoms with Gasteiger partial charge in [0, 0.05) is 30.5 Å². The van der Waals surface area contributed by atoms with Gasteiger partial charge in [-0.2, -0.15) is 0 Å². The second-order valence-electron chi connectivity index (χ2n) is 4.91. The Labute approximate surface area is 121 Å². The van der Waals surface area contributed by atoms with Crippen molar-refractivity contribution in [2.75, 3.05) is 11.9 Å². The molecule has 5 N–H and O–H groups in total. The van der Waals surface area contributed by atoms with E-state index in [1.165, 1.54) is 12.1 Å². The summed E-state index contributed by atoms with van der Waals surface area (Å²) in [7, 11) is 0. The third-order valence-electron chi connectivity index (χ3n) is 3.55. The zero-order chi connectivity index (χ0) is 15.6. The SMILES string of the molecule is CCOC1CC(N)C1Nc1ccc([N+](=O)[O-])cc1C(N)=O. The molecule has 0 saturated heterocycles. The number of amides is 1. The van der Waals surface area contributed by atoms with E-state index in [9.17, 15) is 14.9 Å². The minimum Gasteiger partial charge on any atom is -0.377 e. The van der Waals surface area contributed by atoms with Gasteiger partial charge in [-0.3, -0.25) is 14.9 Å². The van der Waals surface area contributed by atoms with Crippen molar-refractivity contribution in [3.05, 3.63) is 33.9 Å². The average Bonchev–Trinajstić information content (AvgIpc) is 2.44. The average molecular weight is 294 g/mol. The van der Waals surface area contributed by atoms with Crippen LogP contribution in [0.5, 0.6) is 0 Å². The molecule has 0 heterocycles. The van der Waals surface area contributed by atoms with Crippen molar-refractivity contribution in [3.63, 3.8) is 0 Å². The summed E-state index contributed by atoms with van der Waals surface area (Å²) in [5.74, 6) is -0.734. The molecule has 1 aliphatic carbocycles. The second-order valence-corrected chi connectivity index (χ2v) is 4.91. The summed E-state index contributed by atoms with van der Waals surface area (Å²) < 4.78 is 5.53. The predicted molar refractivity (Wildman–Crippen MR) is 77.0 cm³/mol. The Morgan fingerprint density at radius 2 is 2.29 bits per heavy atom. The van der Waals surface area contributed by atoms with Crippen LogP contribution < -0.4 is 16.8 Å². The zero-order valence-electron chi connectivity index (χ0n) is 11.6. The number of hydrogen-bond acceptors (Lipinski definition) is 6. The maximum Gasteiger partial charge on any atom is 0.270 e. The van der Waals surface area contributed by atoms with Gasteiger partial charge in [0.25, 0.3) is 11.6 Å². The molecule has 0 aliphatic heterocycles. The molecule has 114 valence electrons. The van der Waals surface area contributed by atoms with Crippen LogP contribution in [0.4, 0.5) is 11.4 Å². The van der Waals surface area contributed by atoms with Gasteiger partial charge >= 0.3 is 0 Å². The number of nitro groups is 1. The first kappa shape index (κ1) is 15.2. The van der Waals surface area contributed by atoms with E-state index in [0.29, 0.717) is 12.3 Å². The minimum atomic E-state index is -0.734. The predicted octanol–water partition coefficient (Wildman–Crippen LogP) is 0.610. The minimum absolute atomic E-state index is 0.0408. The normalized spacial score (nSPS) is 24.2. The Hall–Kier alpha value is -2.19. The Morgan fingerprint density at radius 1 is 1.57 bits per heavy atom. The number of rotatable bonds is 6. The maximum absolute atomic E-state index is 11.5. The van der Waals surface area contributed by atoms with Crippen molar-refractivity contribution in [3.8, 4) is 0 Å². The molecule has 3 unspecified atom stereocenters. The van der Waals surface area contributed by atoms with Crippen LogP contribution in [0, 0.1) is 10.1 Å². The van der Waals surface area contributed by atoms with E-state index in [1.54, 1.807) is 0 Å². The molecule has 1 aliphatic rings. The summed E-state index contributed by atoms with van der Waals surface area (Å²) >= 11 is 0. The van der Waals surface area contributed by atoms with Crippen molar-refractivity contribution >= 4 is 17.3 Å². The molecule has 1 saturated carbocycles. The first-order valence-electron chi connectivity index (χ1n) is 6.66. The Kier molecular flexibility index (Phi) is 4.39. The number of benzene rings is 1. The standard InChI is InChI=1S/C13H18N4O4/c1-2-21-11-6-9(14)12(11)16-10-4-3-7(17(19)20)5-8(10)13(15)18/h3-5,9,11-12,16H,2,6,14H2,1H3,(H2,15,18). The first-order valence-corrected chi connectivity index (χ1v) is 6.66. The number of nitrogens with zero attached hydrogens (tertiary/aromatic N) is 1. The zero-order valence-corrected chi connectivity index (χ0v) is 11.6. The lowest BCUT2D eigenvalue weighted by Gasteiger charge is -2.43. The van der Waals surface area contributed by atoms with Crippen molar-refractivity contribution in [1.82, 2.24) is 0 Å². The number of nitro benzene ring substituents is 1. The van der Waals surface area contributed by atoms with Crippen molar-refractivity contribution in [2.45, 2.75) is 31.5 Å². The molecular weight excluding hydrogens is 276 g/mol. The first-order chi connectivity index (χ1) is 9.93. The number of nitrogens with two attached hydrogens (primary N) is 2. The number of non-ortho nitro benzene ring substituents is 1. The van der Waals surface area contributed by atoms with Crippen LogP contribution >= 0.6 is 0 Å². The van der Waals surface area contributed by atoms with Crippen LogP contribution in [0.1, 0.15) is 23.7 Å². The fourth-order valence-electron chi connectivity index (χ4n) is 2.38. The molecule has 1 amide bonds. The molecule has 1 aromatic carbocycles. The maximum atomic E-state index is 11.5. The van der Waals surface area contributed by atoms with Gasteiger partial charge in [-0.25, -0.2) is 0 Å². The van der Waals surface area contributed by atoms with Gasteiger partial charge in [0.15, 0.2) is 0 Å². The largest absolute Gasteiger partial charge is 0.377 e. The monoisotopic (exact) mass is 294 g/mol. The van der Waals surface area contributed by atoms with Crippen LogP contribution in [0.25, 0.3) is 0 Å². The van der Waals surface area contributed by atoms with Crippen LogP contribution in [-0.4, -0.2) is 35.6 Å². The summed E-state index contributed by atoms with van der Waals surface area (Å²) in [6, 6.07) is 3.69. The highest BCUT2D eigenvalue weighted by atomic mass is 16.6. The van der Waals surface area contributed by atoms with Gasteiger partial charge in [-0.15, -0.1) is 0 Å². The quantitative estimate of drug-likeness (QED) is 0.520. The molecule has 3 atom stereocenters. The Morgan fingerprint density at radius 3 is 2.81 bits per heavy atom. The molecular formula is C13H18N4O4. The summed E-state index contributed by atoms with van der Waals surface area (Å²) in [5.41, 5.74) is 11.5. The lowest BCUT2D eigenvalue weighted by Crippen LogP contribution is -2.60. The van der Waals surface area contributed by atoms with Gasteiger partial charge in [-0.1, -0.05) is 0 Å². The number of nitrogens with one attached hydrogen (secondary N) is 1. The van der Waals surface area contributed by atoms with Gasteiger partial charge in [0.2, 0.25) is 0 Å². The number of carbonyl (C=O) groups excluding carboxylic acids is 1. The van der Waals surface area contributed by atoms with E-state index >= 15 is 0 Å². The molecule has 0 spiro atoms.